The van der Waals surface area contributed by atoms with E-state index in [1.807, 2.05) is 0 Å². The van der Waals surface area contributed by atoms with E-state index in [0.717, 1.165) is 70.1 Å². The number of hydrogen-bond donors (Lipinski definition) is 1. The first-order valence-corrected chi connectivity index (χ1v) is 20.3. The lowest BCUT2D eigenvalue weighted by molar-refractivity contribution is 0.396. The van der Waals surface area contributed by atoms with Crippen LogP contribution >= 0.6 is 0 Å². The third-order valence-corrected chi connectivity index (χ3v) is 12.1. The molecular weight excluding hydrogens is 693 g/mol. The quantitative estimate of drug-likeness (QED) is 0.177. The van der Waals surface area contributed by atoms with Crippen molar-refractivity contribution in [2.24, 2.45) is 5.92 Å². The van der Waals surface area contributed by atoms with Crippen molar-refractivity contribution < 1.29 is 0 Å². The third-order valence-electron chi connectivity index (χ3n) is 12.1. The molecule has 1 saturated heterocycles. The maximum atomic E-state index is 5.52. The van der Waals surface area contributed by atoms with Gasteiger partial charge < -0.3 is 0 Å². The molecule has 3 aromatic heterocycles. The second-order valence-corrected chi connectivity index (χ2v) is 15.5. The molecule has 4 nitrogen and oxygen atoms in total. The van der Waals surface area contributed by atoms with Gasteiger partial charge in [0.05, 0.1) is 40.6 Å². The van der Waals surface area contributed by atoms with Crippen molar-refractivity contribution in [1.82, 2.24) is 20.3 Å². The Morgan fingerprint density at radius 2 is 0.825 bits per heavy atom. The second kappa shape index (κ2) is 15.2. The Bertz CT molecular complexity index is 2860. The number of nitrogens with one attached hydrogen (secondary N) is 1. The number of pyridine rings is 3. The van der Waals surface area contributed by atoms with Gasteiger partial charge in [0.2, 0.25) is 0 Å². The van der Waals surface area contributed by atoms with Crippen molar-refractivity contribution in [2.45, 2.75) is 44.2 Å². The molecule has 4 heteroatoms. The molecular formula is C53H44N4. The van der Waals surface area contributed by atoms with Gasteiger partial charge in [-0.1, -0.05) is 159 Å². The monoisotopic (exact) mass is 736 g/mol. The molecule has 6 aromatic carbocycles. The SMILES string of the molecule is CCC1CC(c2cccc(-c3cccc4ccccc34)n2)[C@@H](c2cccc(-c3cccc4ccccc34)n2)N[C@H](c2cccc(-c3cccc4ccccc34)n2)C1. The first kappa shape index (κ1) is 35.0. The van der Waals surface area contributed by atoms with Crippen LogP contribution in [0.5, 0.6) is 0 Å². The normalized spacial score (nSPS) is 18.5. The Kier molecular flexibility index (Phi) is 9.33. The average molecular weight is 737 g/mol. The van der Waals surface area contributed by atoms with Gasteiger partial charge >= 0.3 is 0 Å². The molecule has 9 aromatic rings. The smallest absolute Gasteiger partial charge is 0.0712 e. The van der Waals surface area contributed by atoms with Crippen molar-refractivity contribution in [3.63, 3.8) is 0 Å². The number of aromatic nitrogens is 3. The van der Waals surface area contributed by atoms with E-state index in [1.54, 1.807) is 0 Å². The summed E-state index contributed by atoms with van der Waals surface area (Å²) in [6.07, 6.45) is 3.03. The molecule has 4 atom stereocenters. The van der Waals surface area contributed by atoms with Crippen molar-refractivity contribution in [1.29, 1.82) is 0 Å². The Hall–Kier alpha value is -6.49. The van der Waals surface area contributed by atoms with Crippen LogP contribution in [0.2, 0.25) is 0 Å². The maximum Gasteiger partial charge on any atom is 0.0712 e. The molecule has 10 rings (SSSR count). The van der Waals surface area contributed by atoms with E-state index in [9.17, 15) is 0 Å². The van der Waals surface area contributed by atoms with Crippen LogP contribution in [0.3, 0.4) is 0 Å². The molecule has 0 spiro atoms. The van der Waals surface area contributed by atoms with Gasteiger partial charge in [0.1, 0.15) is 0 Å². The fraction of sp³-hybridized carbons (Fsp3) is 0.151. The minimum atomic E-state index is -0.111. The van der Waals surface area contributed by atoms with Crippen LogP contribution < -0.4 is 5.32 Å². The van der Waals surface area contributed by atoms with Gasteiger partial charge in [0.15, 0.2) is 0 Å². The highest BCUT2D eigenvalue weighted by Crippen LogP contribution is 2.44. The summed E-state index contributed by atoms with van der Waals surface area (Å²) >= 11 is 0. The number of rotatable bonds is 7. The lowest BCUT2D eigenvalue weighted by atomic mass is 9.83. The van der Waals surface area contributed by atoms with E-state index in [4.69, 9.17) is 15.0 Å². The summed E-state index contributed by atoms with van der Waals surface area (Å²) < 4.78 is 0. The van der Waals surface area contributed by atoms with Crippen LogP contribution in [0.15, 0.2) is 182 Å². The predicted molar refractivity (Wildman–Crippen MR) is 236 cm³/mol. The van der Waals surface area contributed by atoms with E-state index in [2.05, 4.69) is 194 Å². The molecule has 57 heavy (non-hydrogen) atoms. The van der Waals surface area contributed by atoms with Crippen LogP contribution in [0, 0.1) is 5.92 Å². The summed E-state index contributed by atoms with van der Waals surface area (Å²) in [4.78, 5) is 16.5. The molecule has 1 fully saturated rings. The topological polar surface area (TPSA) is 50.7 Å². The zero-order chi connectivity index (χ0) is 38.1. The zero-order valence-electron chi connectivity index (χ0n) is 32.1. The van der Waals surface area contributed by atoms with Crippen molar-refractivity contribution in [2.75, 3.05) is 0 Å². The van der Waals surface area contributed by atoms with Crippen LogP contribution in [0.25, 0.3) is 66.1 Å². The number of hydrogen-bond acceptors (Lipinski definition) is 4. The molecule has 4 heterocycles. The van der Waals surface area contributed by atoms with Gasteiger partial charge in [-0.3, -0.25) is 20.3 Å². The van der Waals surface area contributed by atoms with Gasteiger partial charge in [0, 0.05) is 28.3 Å². The molecule has 1 aliphatic heterocycles. The summed E-state index contributed by atoms with van der Waals surface area (Å²) in [7, 11) is 0. The third kappa shape index (κ3) is 6.77. The van der Waals surface area contributed by atoms with Crippen molar-refractivity contribution in [3.05, 3.63) is 199 Å². The molecule has 0 saturated carbocycles. The predicted octanol–water partition coefficient (Wildman–Crippen LogP) is 13.3. The van der Waals surface area contributed by atoms with Gasteiger partial charge in [-0.15, -0.1) is 0 Å². The van der Waals surface area contributed by atoms with Gasteiger partial charge in [0.25, 0.3) is 0 Å². The first-order valence-electron chi connectivity index (χ1n) is 20.3. The molecule has 0 amide bonds. The zero-order valence-corrected chi connectivity index (χ0v) is 32.1. The molecule has 2 unspecified atom stereocenters. The van der Waals surface area contributed by atoms with Gasteiger partial charge in [-0.25, -0.2) is 0 Å². The lowest BCUT2D eigenvalue weighted by Gasteiger charge is -2.29. The highest BCUT2D eigenvalue weighted by molar-refractivity contribution is 5.97. The minimum absolute atomic E-state index is 0.0177. The maximum absolute atomic E-state index is 5.52. The Balaban J connectivity index is 1.10. The molecule has 1 aliphatic rings. The van der Waals surface area contributed by atoms with Gasteiger partial charge in [-0.2, -0.15) is 0 Å². The summed E-state index contributed by atoms with van der Waals surface area (Å²) in [5, 5.41) is 11.5. The molecule has 0 radical (unpaired) electrons. The van der Waals surface area contributed by atoms with Crippen LogP contribution in [-0.4, -0.2) is 15.0 Å². The van der Waals surface area contributed by atoms with Crippen LogP contribution in [-0.2, 0) is 0 Å². The second-order valence-electron chi connectivity index (χ2n) is 15.5. The number of nitrogens with zero attached hydrogens (tertiary/aromatic N) is 3. The Labute approximate surface area is 334 Å². The van der Waals surface area contributed by atoms with Gasteiger partial charge in [-0.05, 0) is 87.5 Å². The van der Waals surface area contributed by atoms with Crippen molar-refractivity contribution in [3.8, 4) is 33.8 Å². The summed E-state index contributed by atoms with van der Waals surface area (Å²) in [6.45, 7) is 2.33. The molecule has 0 aliphatic carbocycles. The van der Waals surface area contributed by atoms with E-state index in [0.29, 0.717) is 5.92 Å². The summed E-state index contributed by atoms with van der Waals surface area (Å²) in [5.41, 5.74) is 9.60. The first-order chi connectivity index (χ1) is 28.2. The fourth-order valence-electron chi connectivity index (χ4n) is 9.17. The number of fused-ring (bicyclic) bond motifs is 3. The molecule has 276 valence electrons. The highest BCUT2D eigenvalue weighted by Gasteiger charge is 2.36. The lowest BCUT2D eigenvalue weighted by Crippen LogP contribution is -2.30. The Morgan fingerprint density at radius 1 is 0.421 bits per heavy atom. The van der Waals surface area contributed by atoms with Crippen LogP contribution in [0.1, 0.15) is 61.3 Å². The minimum Gasteiger partial charge on any atom is -0.300 e. The van der Waals surface area contributed by atoms with E-state index < -0.39 is 0 Å². The highest BCUT2D eigenvalue weighted by atomic mass is 15.0. The molecule has 1 N–H and O–H groups in total. The summed E-state index contributed by atoms with van der Waals surface area (Å²) in [6, 6.07) is 64.9. The van der Waals surface area contributed by atoms with E-state index >= 15 is 0 Å². The van der Waals surface area contributed by atoms with E-state index in [1.165, 1.54) is 32.3 Å². The van der Waals surface area contributed by atoms with Crippen molar-refractivity contribution >= 4 is 32.3 Å². The Morgan fingerprint density at radius 3 is 1.33 bits per heavy atom. The number of benzene rings is 6. The molecule has 0 bridgehead atoms. The standard InChI is InChI=1S/C53H44N4/c1-2-35-33-45(49-30-12-27-46(54-49)42-24-9-18-36-15-3-6-21-39(36)42)53(51-32-14-29-48(56-51)44-26-11-20-38-17-5-8-23-41(38)44)57-52(34-35)50-31-13-28-47(55-50)43-25-10-19-37-16-4-7-22-40(37)43/h3-32,35,45,52-53,57H,2,33-34H2,1H3/t35?,45?,52-,53-/m0/s1. The summed E-state index contributed by atoms with van der Waals surface area (Å²) in [5.74, 6) is 0.524. The average Bonchev–Trinajstić information content (AvgIpc) is 3.49. The van der Waals surface area contributed by atoms with Crippen LogP contribution in [0.4, 0.5) is 0 Å². The van der Waals surface area contributed by atoms with E-state index in [-0.39, 0.29) is 18.0 Å². The largest absolute Gasteiger partial charge is 0.300 e. The fourth-order valence-corrected chi connectivity index (χ4v) is 9.17.